The van der Waals surface area contributed by atoms with Crippen LogP contribution in [-0.2, 0) is 0 Å². The number of hydrogen-bond acceptors (Lipinski definition) is 4. The maximum absolute atomic E-state index is 5.32. The Hall–Kier alpha value is -0.390. The summed E-state index contributed by atoms with van der Waals surface area (Å²) in [5.74, 6) is 5.12. The molecule has 0 aliphatic rings. The van der Waals surface area contributed by atoms with Crippen LogP contribution in [0.2, 0.25) is 0 Å². The monoisotopic (exact) mass is 220 g/mol. The third-order valence-electron chi connectivity index (χ3n) is 1.06. The molecule has 4 nitrogen and oxygen atoms in total. The van der Waals surface area contributed by atoms with E-state index in [1.807, 2.05) is 6.92 Å². The van der Waals surface area contributed by atoms with Crippen molar-refractivity contribution in [3.8, 4) is 0 Å². The Morgan fingerprint density at radius 3 is 2.73 bits per heavy atom. The second-order valence-electron chi connectivity index (χ2n) is 1.84. The third-order valence-corrected chi connectivity index (χ3v) is 1.82. The largest absolute Gasteiger partial charge is 0.404 e. The highest BCUT2D eigenvalue weighted by molar-refractivity contribution is 9.18. The van der Waals surface area contributed by atoms with Gasteiger partial charge in [-0.25, -0.2) is 0 Å². The molecule has 64 valence electrons. The van der Waals surface area contributed by atoms with Crippen LogP contribution in [-0.4, -0.2) is 17.7 Å². The summed E-state index contributed by atoms with van der Waals surface area (Å²) in [6, 6.07) is 0. The first-order chi connectivity index (χ1) is 5.26. The first-order valence-electron chi connectivity index (χ1n) is 3.30. The normalized spacial score (nSPS) is 13.7. The number of nitrogens with zero attached hydrogens (tertiary/aromatic N) is 1. The Kier molecular flexibility index (Phi) is 6.10. The van der Waals surface area contributed by atoms with Crippen molar-refractivity contribution in [3.05, 3.63) is 11.8 Å². The van der Waals surface area contributed by atoms with Gasteiger partial charge in [-0.05, 0) is 22.9 Å². The van der Waals surface area contributed by atoms with E-state index in [4.69, 9.17) is 11.6 Å². The van der Waals surface area contributed by atoms with Crippen molar-refractivity contribution in [2.45, 2.75) is 6.92 Å². The summed E-state index contributed by atoms with van der Waals surface area (Å²) >= 11 is 3.27. The molecule has 0 rings (SSSR count). The van der Waals surface area contributed by atoms with Gasteiger partial charge in [-0.2, -0.15) is 0 Å². The van der Waals surface area contributed by atoms with E-state index >= 15 is 0 Å². The van der Waals surface area contributed by atoms with E-state index in [0.29, 0.717) is 6.54 Å². The molecular formula is C6H13BrN4. The van der Waals surface area contributed by atoms with Crippen LogP contribution < -0.4 is 17.0 Å². The first-order valence-corrected chi connectivity index (χ1v) is 4.10. The Morgan fingerprint density at radius 1 is 1.73 bits per heavy atom. The SMILES string of the molecule is CCN=C(Br)C(=CN)CNN. The molecule has 0 atom stereocenters. The van der Waals surface area contributed by atoms with Gasteiger partial charge in [-0.3, -0.25) is 16.3 Å². The van der Waals surface area contributed by atoms with E-state index in [1.54, 1.807) is 0 Å². The fourth-order valence-corrected chi connectivity index (χ4v) is 1.07. The lowest BCUT2D eigenvalue weighted by molar-refractivity contribution is 0.810. The van der Waals surface area contributed by atoms with Crippen LogP contribution in [0.25, 0.3) is 0 Å². The molecule has 0 saturated carbocycles. The summed E-state index contributed by atoms with van der Waals surface area (Å²) in [5.41, 5.74) is 8.68. The lowest BCUT2D eigenvalue weighted by Gasteiger charge is -2.02. The van der Waals surface area contributed by atoms with Gasteiger partial charge in [0.1, 0.15) is 4.62 Å². The minimum Gasteiger partial charge on any atom is -0.404 e. The zero-order chi connectivity index (χ0) is 8.69. The zero-order valence-electron chi connectivity index (χ0n) is 6.47. The van der Waals surface area contributed by atoms with Crippen molar-refractivity contribution in [1.82, 2.24) is 5.43 Å². The predicted octanol–water partition coefficient (Wildman–Crippen LogP) is 0.106. The summed E-state index contributed by atoms with van der Waals surface area (Å²) in [6.07, 6.45) is 1.48. The van der Waals surface area contributed by atoms with Gasteiger partial charge in [0.15, 0.2) is 0 Å². The lowest BCUT2D eigenvalue weighted by atomic mass is 10.3. The molecule has 0 aromatic rings. The Morgan fingerprint density at radius 2 is 2.36 bits per heavy atom. The minimum absolute atomic E-state index is 0.514. The molecule has 0 saturated heterocycles. The van der Waals surface area contributed by atoms with Crippen LogP contribution in [0.15, 0.2) is 16.8 Å². The Bertz CT molecular complexity index is 164. The van der Waals surface area contributed by atoms with Crippen molar-refractivity contribution in [2.24, 2.45) is 16.6 Å². The third kappa shape index (κ3) is 4.13. The quantitative estimate of drug-likeness (QED) is 0.358. The van der Waals surface area contributed by atoms with Crippen LogP contribution in [0, 0.1) is 0 Å². The number of hydrazine groups is 1. The molecule has 5 N–H and O–H groups in total. The summed E-state index contributed by atoms with van der Waals surface area (Å²) in [7, 11) is 0. The number of nitrogens with two attached hydrogens (primary N) is 2. The number of aliphatic imine (C=N–C) groups is 1. The highest BCUT2D eigenvalue weighted by Crippen LogP contribution is 2.02. The smallest absolute Gasteiger partial charge is 0.106 e. The minimum atomic E-state index is 0.514. The van der Waals surface area contributed by atoms with E-state index in [1.165, 1.54) is 6.20 Å². The molecular weight excluding hydrogens is 208 g/mol. The summed E-state index contributed by atoms with van der Waals surface area (Å²) in [4.78, 5) is 4.10. The molecule has 0 unspecified atom stereocenters. The molecule has 0 spiro atoms. The highest BCUT2D eigenvalue weighted by atomic mass is 79.9. The number of halogens is 1. The molecule has 0 heterocycles. The van der Waals surface area contributed by atoms with E-state index in [-0.39, 0.29) is 0 Å². The molecule has 0 bridgehead atoms. The van der Waals surface area contributed by atoms with E-state index in [9.17, 15) is 0 Å². The molecule has 0 aliphatic carbocycles. The molecule has 0 radical (unpaired) electrons. The van der Waals surface area contributed by atoms with Gasteiger partial charge in [0, 0.05) is 24.9 Å². The van der Waals surface area contributed by atoms with Gasteiger partial charge in [-0.1, -0.05) is 0 Å². The van der Waals surface area contributed by atoms with Crippen molar-refractivity contribution < 1.29 is 0 Å². The lowest BCUT2D eigenvalue weighted by Crippen LogP contribution is -2.26. The van der Waals surface area contributed by atoms with E-state index < -0.39 is 0 Å². The zero-order valence-corrected chi connectivity index (χ0v) is 8.06. The average Bonchev–Trinajstić information content (AvgIpc) is 2.00. The molecule has 0 aromatic heterocycles. The molecule has 0 aliphatic heterocycles. The highest BCUT2D eigenvalue weighted by Gasteiger charge is 1.99. The van der Waals surface area contributed by atoms with Gasteiger partial charge >= 0.3 is 0 Å². The number of rotatable bonds is 4. The average molecular weight is 221 g/mol. The maximum atomic E-state index is 5.32. The second-order valence-corrected chi connectivity index (χ2v) is 2.59. The number of nitrogens with one attached hydrogen (secondary N) is 1. The van der Waals surface area contributed by atoms with Gasteiger partial charge in [-0.15, -0.1) is 0 Å². The van der Waals surface area contributed by atoms with Crippen molar-refractivity contribution in [3.63, 3.8) is 0 Å². The van der Waals surface area contributed by atoms with Crippen LogP contribution >= 0.6 is 15.9 Å². The van der Waals surface area contributed by atoms with Gasteiger partial charge in [0.05, 0.1) is 0 Å². The molecule has 11 heavy (non-hydrogen) atoms. The van der Waals surface area contributed by atoms with E-state index in [2.05, 4.69) is 26.3 Å². The van der Waals surface area contributed by atoms with Crippen LogP contribution in [0.1, 0.15) is 6.92 Å². The second kappa shape index (κ2) is 6.33. The first kappa shape index (κ1) is 10.6. The maximum Gasteiger partial charge on any atom is 0.106 e. The predicted molar refractivity (Wildman–Crippen MR) is 51.4 cm³/mol. The van der Waals surface area contributed by atoms with Gasteiger partial charge < -0.3 is 5.73 Å². The molecule has 0 amide bonds. The van der Waals surface area contributed by atoms with Crippen LogP contribution in [0.4, 0.5) is 0 Å². The van der Waals surface area contributed by atoms with Gasteiger partial charge in [0.2, 0.25) is 0 Å². The van der Waals surface area contributed by atoms with Crippen LogP contribution in [0.3, 0.4) is 0 Å². The molecule has 0 aromatic carbocycles. The molecule has 5 heteroatoms. The summed E-state index contributed by atoms with van der Waals surface area (Å²) < 4.78 is 0.750. The summed E-state index contributed by atoms with van der Waals surface area (Å²) in [6.45, 7) is 3.19. The Balaban J connectivity index is 4.15. The molecule has 0 fully saturated rings. The summed E-state index contributed by atoms with van der Waals surface area (Å²) in [5, 5.41) is 0. The number of hydrogen-bond donors (Lipinski definition) is 3. The van der Waals surface area contributed by atoms with Gasteiger partial charge in [0.25, 0.3) is 0 Å². The fourth-order valence-electron chi connectivity index (χ4n) is 0.551. The van der Waals surface area contributed by atoms with E-state index in [0.717, 1.165) is 16.7 Å². The van der Waals surface area contributed by atoms with Crippen molar-refractivity contribution in [2.75, 3.05) is 13.1 Å². The topological polar surface area (TPSA) is 76.4 Å². The van der Waals surface area contributed by atoms with Crippen molar-refractivity contribution in [1.29, 1.82) is 0 Å². The fraction of sp³-hybridized carbons (Fsp3) is 0.500. The van der Waals surface area contributed by atoms with Crippen molar-refractivity contribution >= 4 is 20.6 Å². The standard InChI is InChI=1S/C6H13BrN4/c1-2-10-6(7)5(3-8)4-11-9/h3,11H,2,4,8-9H2,1H3. The Labute approximate surface area is 74.8 Å². The van der Waals surface area contributed by atoms with Crippen LogP contribution in [0.5, 0.6) is 0 Å².